The van der Waals surface area contributed by atoms with Crippen molar-refractivity contribution in [1.29, 1.82) is 0 Å². The third kappa shape index (κ3) is 7.28. The molecule has 0 amide bonds. The van der Waals surface area contributed by atoms with Crippen molar-refractivity contribution in [2.45, 2.75) is 58.4 Å². The highest BCUT2D eigenvalue weighted by molar-refractivity contribution is 8.32. The van der Waals surface area contributed by atoms with Crippen molar-refractivity contribution >= 4 is 30.0 Å². The normalized spacial score (nSPS) is 22.2. The summed E-state index contributed by atoms with van der Waals surface area (Å²) in [5.41, 5.74) is 0.902. The molecule has 1 aromatic rings. The molecule has 1 aliphatic rings. The molecule has 0 saturated heterocycles. The first kappa shape index (κ1) is 18.2. The molecular formula is C19H27NOSSi. The number of hydrogen-bond donors (Lipinski definition) is 0. The smallest absolute Gasteiger partial charge is 0.269 e. The monoisotopic (exact) mass is 345 g/mol. The van der Waals surface area contributed by atoms with Crippen LogP contribution in [0.5, 0.6) is 0 Å². The Labute approximate surface area is 145 Å². The minimum atomic E-state index is -1.24. The Balaban J connectivity index is 2.09. The number of ether oxygens (including phenoxy) is 1. The summed E-state index contributed by atoms with van der Waals surface area (Å²) >= 11 is 1.75. The number of aliphatic imine (C=N–C) groups is 1. The average molecular weight is 346 g/mol. The fourth-order valence-corrected chi connectivity index (χ4v) is 3.95. The van der Waals surface area contributed by atoms with Crippen molar-refractivity contribution in [3.63, 3.8) is 0 Å². The fourth-order valence-electron chi connectivity index (χ4n) is 2.43. The van der Waals surface area contributed by atoms with Gasteiger partial charge in [-0.15, -0.1) is 11.2 Å². The van der Waals surface area contributed by atoms with Crippen LogP contribution in [0.1, 0.15) is 32.6 Å². The van der Waals surface area contributed by atoms with E-state index >= 15 is 0 Å². The van der Waals surface area contributed by atoms with E-state index in [4.69, 9.17) is 4.74 Å². The first-order chi connectivity index (χ1) is 10.9. The van der Waals surface area contributed by atoms with Gasteiger partial charge in [0.1, 0.15) is 13.3 Å². The second kappa shape index (κ2) is 8.61. The Morgan fingerprint density at radius 1 is 1.13 bits per heavy atom. The van der Waals surface area contributed by atoms with Crippen molar-refractivity contribution in [2.24, 2.45) is 10.9 Å². The Morgan fingerprint density at radius 3 is 2.39 bits per heavy atom. The van der Waals surface area contributed by atoms with E-state index in [0.717, 1.165) is 24.4 Å². The standard InChI is InChI=1S/C19H27NOSSi/c1-16-10-12-18(13-11-16)21-19(14-15-22-23(2,3)4)20-17-8-6-5-7-9-17/h5-9,16,18H,10-13H2,1-4H3. The number of hydrogen-bond acceptors (Lipinski definition) is 3. The maximum absolute atomic E-state index is 6.14. The third-order valence-electron chi connectivity index (χ3n) is 3.74. The van der Waals surface area contributed by atoms with E-state index in [1.807, 2.05) is 30.3 Å². The van der Waals surface area contributed by atoms with Crippen LogP contribution in [-0.2, 0) is 4.74 Å². The molecule has 2 rings (SSSR count). The van der Waals surface area contributed by atoms with E-state index in [9.17, 15) is 0 Å². The van der Waals surface area contributed by atoms with Crippen molar-refractivity contribution in [2.75, 3.05) is 0 Å². The summed E-state index contributed by atoms with van der Waals surface area (Å²) in [4.78, 5) is 4.61. The van der Waals surface area contributed by atoms with Gasteiger partial charge in [0.15, 0.2) is 0 Å². The highest BCUT2D eigenvalue weighted by Gasteiger charge is 2.20. The van der Waals surface area contributed by atoms with E-state index in [1.54, 1.807) is 11.2 Å². The number of benzene rings is 1. The topological polar surface area (TPSA) is 21.6 Å². The van der Waals surface area contributed by atoms with Crippen molar-refractivity contribution in [3.8, 4) is 11.2 Å². The molecule has 0 spiro atoms. The Kier molecular flexibility index (Phi) is 6.80. The highest BCUT2D eigenvalue weighted by Crippen LogP contribution is 2.26. The average Bonchev–Trinajstić information content (AvgIpc) is 2.49. The maximum atomic E-state index is 6.14. The van der Waals surface area contributed by atoms with Crippen LogP contribution in [0.3, 0.4) is 0 Å². The minimum Gasteiger partial charge on any atom is -0.468 e. The van der Waals surface area contributed by atoms with Gasteiger partial charge in [-0.25, -0.2) is 4.99 Å². The lowest BCUT2D eigenvalue weighted by Gasteiger charge is -2.26. The summed E-state index contributed by atoms with van der Waals surface area (Å²) in [7, 11) is -1.24. The molecular weight excluding hydrogens is 318 g/mol. The van der Waals surface area contributed by atoms with Crippen LogP contribution in [0.15, 0.2) is 35.3 Å². The predicted molar refractivity (Wildman–Crippen MR) is 105 cm³/mol. The van der Waals surface area contributed by atoms with Gasteiger partial charge in [-0.05, 0) is 49.0 Å². The van der Waals surface area contributed by atoms with Crippen LogP contribution in [-0.4, -0.2) is 19.2 Å². The van der Waals surface area contributed by atoms with E-state index < -0.39 is 7.22 Å². The first-order valence-electron chi connectivity index (χ1n) is 8.42. The molecule has 0 heterocycles. The van der Waals surface area contributed by atoms with Gasteiger partial charge in [-0.3, -0.25) is 0 Å². The summed E-state index contributed by atoms with van der Waals surface area (Å²) in [6.07, 6.45) is 4.95. The number of rotatable bonds is 3. The van der Waals surface area contributed by atoms with Gasteiger partial charge in [-0.2, -0.15) is 0 Å². The molecule has 1 aliphatic carbocycles. The van der Waals surface area contributed by atoms with Crippen LogP contribution >= 0.6 is 11.2 Å². The molecule has 0 aliphatic heterocycles. The third-order valence-corrected chi connectivity index (χ3v) is 6.70. The zero-order valence-corrected chi connectivity index (χ0v) is 16.5. The second-order valence-corrected chi connectivity index (χ2v) is 16.1. The van der Waals surface area contributed by atoms with Crippen molar-refractivity contribution in [1.82, 2.24) is 0 Å². The van der Waals surface area contributed by atoms with Gasteiger partial charge in [-0.1, -0.05) is 44.8 Å². The van der Waals surface area contributed by atoms with Crippen molar-refractivity contribution in [3.05, 3.63) is 30.3 Å². The van der Waals surface area contributed by atoms with Gasteiger partial charge < -0.3 is 4.74 Å². The van der Waals surface area contributed by atoms with Gasteiger partial charge in [0.2, 0.25) is 0 Å². The van der Waals surface area contributed by atoms with Gasteiger partial charge >= 0.3 is 0 Å². The van der Waals surface area contributed by atoms with Crippen LogP contribution < -0.4 is 0 Å². The lowest BCUT2D eigenvalue weighted by molar-refractivity contribution is 0.127. The lowest BCUT2D eigenvalue weighted by atomic mass is 9.89. The Hall–Kier alpha value is -1.18. The predicted octanol–water partition coefficient (Wildman–Crippen LogP) is 5.84. The number of nitrogens with zero attached hydrogens (tertiary/aromatic N) is 1. The molecule has 0 N–H and O–H groups in total. The van der Waals surface area contributed by atoms with Crippen molar-refractivity contribution < 1.29 is 4.74 Å². The summed E-state index contributed by atoms with van der Waals surface area (Å²) < 4.78 is 6.14. The largest absolute Gasteiger partial charge is 0.468 e. The van der Waals surface area contributed by atoms with Crippen LogP contribution in [0.25, 0.3) is 0 Å². The van der Waals surface area contributed by atoms with Crippen LogP contribution in [0.2, 0.25) is 19.6 Å². The summed E-state index contributed by atoms with van der Waals surface area (Å²) in [5, 5.41) is 3.22. The fraction of sp³-hybridized carbons (Fsp3) is 0.526. The molecule has 23 heavy (non-hydrogen) atoms. The zero-order valence-electron chi connectivity index (χ0n) is 14.6. The second-order valence-electron chi connectivity index (χ2n) is 7.19. The molecule has 0 radical (unpaired) electrons. The molecule has 0 aromatic heterocycles. The minimum absolute atomic E-state index is 0.264. The molecule has 0 atom stereocenters. The van der Waals surface area contributed by atoms with E-state index in [1.165, 1.54) is 12.8 Å². The van der Waals surface area contributed by atoms with Crippen LogP contribution in [0, 0.1) is 17.1 Å². The summed E-state index contributed by atoms with van der Waals surface area (Å²) in [6.45, 7) is 9.21. The van der Waals surface area contributed by atoms with E-state index in [-0.39, 0.29) is 6.10 Å². The molecule has 124 valence electrons. The summed E-state index contributed by atoms with van der Waals surface area (Å²) in [5.74, 6) is 4.55. The van der Waals surface area contributed by atoms with E-state index in [0.29, 0.717) is 5.90 Å². The molecule has 1 fully saturated rings. The maximum Gasteiger partial charge on any atom is 0.269 e. The zero-order chi connectivity index (χ0) is 16.7. The van der Waals surface area contributed by atoms with Gasteiger partial charge in [0.05, 0.1) is 5.69 Å². The quantitative estimate of drug-likeness (QED) is 0.297. The van der Waals surface area contributed by atoms with E-state index in [2.05, 4.69) is 42.7 Å². The molecule has 0 bridgehead atoms. The molecule has 1 aromatic carbocycles. The Bertz CT molecular complexity index is 575. The number of para-hydroxylation sites is 1. The lowest BCUT2D eigenvalue weighted by Crippen LogP contribution is -2.23. The molecule has 4 heteroatoms. The Morgan fingerprint density at radius 2 is 1.78 bits per heavy atom. The van der Waals surface area contributed by atoms with Crippen LogP contribution in [0.4, 0.5) is 5.69 Å². The SMILES string of the molecule is CC1CCC(OC(C#CS[Si](C)(C)C)=Nc2ccccc2)CC1. The van der Waals surface area contributed by atoms with Gasteiger partial charge in [0.25, 0.3) is 5.90 Å². The highest BCUT2D eigenvalue weighted by atomic mass is 32.4. The summed E-state index contributed by atoms with van der Waals surface area (Å²) in [6, 6.07) is 9.94. The molecule has 0 unspecified atom stereocenters. The molecule has 1 saturated carbocycles. The first-order valence-corrected chi connectivity index (χ1v) is 13.5. The van der Waals surface area contributed by atoms with Gasteiger partial charge in [0, 0.05) is 5.92 Å². The molecule has 2 nitrogen and oxygen atoms in total.